The van der Waals surface area contributed by atoms with E-state index in [-0.39, 0.29) is 29.6 Å². The molecule has 7 nitrogen and oxygen atoms in total. The van der Waals surface area contributed by atoms with Crippen molar-refractivity contribution >= 4 is 39.1 Å². The molecule has 3 rings (SSSR count). The molecule has 0 bridgehead atoms. The molecule has 3 aromatic rings. The van der Waals surface area contributed by atoms with E-state index in [4.69, 9.17) is 11.6 Å². The highest BCUT2D eigenvalue weighted by molar-refractivity contribution is 7.92. The van der Waals surface area contributed by atoms with E-state index >= 15 is 0 Å². The van der Waals surface area contributed by atoms with Gasteiger partial charge in [-0.1, -0.05) is 84.4 Å². The molecule has 0 aliphatic heterocycles. The normalized spacial score (nSPS) is 12.4. The number of benzene rings is 3. The molecular weight excluding hydrogens is 522 g/mol. The Kier molecular flexibility index (Phi) is 9.57. The maximum Gasteiger partial charge on any atom is 0.244 e. The minimum absolute atomic E-state index is 0.120. The largest absolute Gasteiger partial charge is 0.350 e. The van der Waals surface area contributed by atoms with Crippen LogP contribution in [0.1, 0.15) is 31.9 Å². The highest BCUT2D eigenvalue weighted by atomic mass is 35.5. The number of sulfonamides is 1. The van der Waals surface area contributed by atoms with Crippen LogP contribution in [-0.4, -0.2) is 49.5 Å². The molecule has 3 aromatic carbocycles. The van der Waals surface area contributed by atoms with Gasteiger partial charge in [0.05, 0.1) is 17.0 Å². The summed E-state index contributed by atoms with van der Waals surface area (Å²) in [6.45, 7) is 5.22. The number of para-hydroxylation sites is 1. The van der Waals surface area contributed by atoms with Crippen LogP contribution in [0.2, 0.25) is 5.02 Å². The van der Waals surface area contributed by atoms with Crippen LogP contribution in [-0.2, 0) is 32.6 Å². The summed E-state index contributed by atoms with van der Waals surface area (Å²) < 4.78 is 26.6. The predicted octanol–water partition coefficient (Wildman–Crippen LogP) is 4.66. The number of nitrogens with one attached hydrogen (secondary N) is 1. The number of carbonyl (C=O) groups excluding carboxylic acids is 2. The highest BCUT2D eigenvalue weighted by Crippen LogP contribution is 2.27. The van der Waals surface area contributed by atoms with Gasteiger partial charge in [0.1, 0.15) is 12.6 Å². The van der Waals surface area contributed by atoms with E-state index in [1.165, 1.54) is 4.90 Å². The number of carbonyl (C=O) groups is 2. The lowest BCUT2D eigenvalue weighted by Gasteiger charge is -2.35. The van der Waals surface area contributed by atoms with Gasteiger partial charge in [-0.15, -0.1) is 0 Å². The maximum absolute atomic E-state index is 14.0. The van der Waals surface area contributed by atoms with E-state index in [2.05, 4.69) is 5.32 Å². The summed E-state index contributed by atoms with van der Waals surface area (Å²) in [7, 11) is -3.87. The summed E-state index contributed by atoms with van der Waals surface area (Å²) in [5.41, 5.74) is 1.34. The van der Waals surface area contributed by atoms with E-state index in [1.54, 1.807) is 24.3 Å². The molecule has 0 aliphatic carbocycles. The lowest BCUT2D eigenvalue weighted by molar-refractivity contribution is -0.140. The van der Waals surface area contributed by atoms with Gasteiger partial charge in [-0.2, -0.15) is 0 Å². The van der Waals surface area contributed by atoms with Crippen molar-refractivity contribution in [2.45, 2.75) is 45.3 Å². The number of hydrogen-bond donors (Lipinski definition) is 1. The Morgan fingerprint density at radius 1 is 0.868 bits per heavy atom. The Morgan fingerprint density at radius 3 is 1.92 bits per heavy atom. The first-order valence-corrected chi connectivity index (χ1v) is 14.5. The van der Waals surface area contributed by atoms with Gasteiger partial charge in [0.25, 0.3) is 0 Å². The molecule has 9 heteroatoms. The second-order valence-electron chi connectivity index (χ2n) is 10.2. The van der Waals surface area contributed by atoms with Gasteiger partial charge in [0.15, 0.2) is 0 Å². The van der Waals surface area contributed by atoms with Gasteiger partial charge in [-0.25, -0.2) is 8.42 Å². The van der Waals surface area contributed by atoms with Crippen LogP contribution in [0.15, 0.2) is 84.9 Å². The zero-order chi connectivity index (χ0) is 27.9. The standard InChI is InChI=1S/C29H34ClN3O4S/c1-29(2,3)31-28(35)26(19-22-13-7-5-8-14-22)32(20-23-15-9-6-10-16-23)27(34)21-33(38(4,36)37)25-18-12-11-17-24(25)30/h5-18,26H,19-21H2,1-4H3,(H,31,35). The first-order valence-electron chi connectivity index (χ1n) is 12.3. The van der Waals surface area contributed by atoms with Crippen LogP contribution in [0.3, 0.4) is 0 Å². The quantitative estimate of drug-likeness (QED) is 0.394. The van der Waals surface area contributed by atoms with Crippen molar-refractivity contribution in [1.29, 1.82) is 0 Å². The fourth-order valence-electron chi connectivity index (χ4n) is 4.04. The predicted molar refractivity (Wildman–Crippen MR) is 152 cm³/mol. The van der Waals surface area contributed by atoms with Crippen molar-refractivity contribution in [2.24, 2.45) is 0 Å². The van der Waals surface area contributed by atoms with Crippen LogP contribution in [0, 0.1) is 0 Å². The molecule has 0 heterocycles. The van der Waals surface area contributed by atoms with E-state index in [9.17, 15) is 18.0 Å². The number of halogens is 1. The number of hydrogen-bond acceptors (Lipinski definition) is 4. The van der Waals surface area contributed by atoms with Crippen LogP contribution < -0.4 is 9.62 Å². The van der Waals surface area contributed by atoms with Gasteiger partial charge in [-0.05, 0) is 44.0 Å². The van der Waals surface area contributed by atoms with E-state index in [1.807, 2.05) is 81.4 Å². The monoisotopic (exact) mass is 555 g/mol. The summed E-state index contributed by atoms with van der Waals surface area (Å²) in [6.07, 6.45) is 1.28. The molecule has 1 unspecified atom stereocenters. The summed E-state index contributed by atoms with van der Waals surface area (Å²) in [4.78, 5) is 29.1. The molecule has 0 aromatic heterocycles. The van der Waals surface area contributed by atoms with Crippen LogP contribution >= 0.6 is 11.6 Å². The smallest absolute Gasteiger partial charge is 0.244 e. The Morgan fingerprint density at radius 2 is 1.39 bits per heavy atom. The highest BCUT2D eigenvalue weighted by Gasteiger charge is 2.34. The fraction of sp³-hybridized carbons (Fsp3) is 0.310. The minimum atomic E-state index is -3.87. The molecule has 1 atom stereocenters. The lowest BCUT2D eigenvalue weighted by Crippen LogP contribution is -2.56. The van der Waals surface area contributed by atoms with Gasteiger partial charge >= 0.3 is 0 Å². The SMILES string of the molecule is CC(C)(C)NC(=O)C(Cc1ccccc1)N(Cc1ccccc1)C(=O)CN(c1ccccc1Cl)S(C)(=O)=O. The Bertz CT molecular complexity index is 1340. The van der Waals surface area contributed by atoms with E-state index in [0.29, 0.717) is 0 Å². The van der Waals surface area contributed by atoms with Gasteiger partial charge in [-0.3, -0.25) is 13.9 Å². The molecule has 202 valence electrons. The van der Waals surface area contributed by atoms with Crippen molar-refractivity contribution in [3.8, 4) is 0 Å². The topological polar surface area (TPSA) is 86.8 Å². The molecule has 0 aliphatic rings. The lowest BCUT2D eigenvalue weighted by atomic mass is 10.0. The number of anilines is 1. The maximum atomic E-state index is 14.0. The Labute approximate surface area is 230 Å². The molecule has 1 N–H and O–H groups in total. The number of nitrogens with zero attached hydrogens (tertiary/aromatic N) is 2. The summed E-state index contributed by atoms with van der Waals surface area (Å²) in [5.74, 6) is -0.849. The zero-order valence-electron chi connectivity index (χ0n) is 22.1. The number of amides is 2. The second kappa shape index (κ2) is 12.5. The molecule has 0 radical (unpaired) electrons. The Hall–Kier alpha value is -3.36. The second-order valence-corrected chi connectivity index (χ2v) is 12.5. The molecule has 0 spiro atoms. The van der Waals surface area contributed by atoms with Crippen LogP contribution in [0.25, 0.3) is 0 Å². The van der Waals surface area contributed by atoms with Crippen molar-refractivity contribution in [3.05, 3.63) is 101 Å². The van der Waals surface area contributed by atoms with Crippen molar-refractivity contribution in [2.75, 3.05) is 17.1 Å². The first-order chi connectivity index (χ1) is 17.8. The summed E-state index contributed by atoms with van der Waals surface area (Å²) >= 11 is 6.32. The molecule has 0 saturated carbocycles. The fourth-order valence-corrected chi connectivity index (χ4v) is 5.19. The Balaban J connectivity index is 2.06. The van der Waals surface area contributed by atoms with Gasteiger partial charge < -0.3 is 10.2 Å². The van der Waals surface area contributed by atoms with Crippen molar-refractivity contribution < 1.29 is 18.0 Å². The van der Waals surface area contributed by atoms with E-state index in [0.717, 1.165) is 21.7 Å². The minimum Gasteiger partial charge on any atom is -0.350 e. The molecule has 0 saturated heterocycles. The average Bonchev–Trinajstić information content (AvgIpc) is 2.84. The first kappa shape index (κ1) is 29.2. The van der Waals surface area contributed by atoms with Crippen LogP contribution in [0.4, 0.5) is 5.69 Å². The summed E-state index contributed by atoms with van der Waals surface area (Å²) in [5, 5.41) is 3.20. The average molecular weight is 556 g/mol. The van der Waals surface area contributed by atoms with Crippen molar-refractivity contribution in [3.63, 3.8) is 0 Å². The molecule has 38 heavy (non-hydrogen) atoms. The van der Waals surface area contributed by atoms with Gasteiger partial charge in [0, 0.05) is 18.5 Å². The van der Waals surface area contributed by atoms with Gasteiger partial charge in [0.2, 0.25) is 21.8 Å². The van der Waals surface area contributed by atoms with E-state index < -0.39 is 34.1 Å². The van der Waals surface area contributed by atoms with Crippen molar-refractivity contribution in [1.82, 2.24) is 10.2 Å². The third kappa shape index (κ3) is 8.33. The summed E-state index contributed by atoms with van der Waals surface area (Å²) in [6, 6.07) is 24.3. The third-order valence-electron chi connectivity index (χ3n) is 5.77. The zero-order valence-corrected chi connectivity index (χ0v) is 23.7. The third-order valence-corrected chi connectivity index (χ3v) is 7.21. The molecule has 2 amide bonds. The number of rotatable bonds is 10. The molecular formula is C29H34ClN3O4S. The van der Waals surface area contributed by atoms with Crippen LogP contribution in [0.5, 0.6) is 0 Å². The molecule has 0 fully saturated rings.